The second-order valence-electron chi connectivity index (χ2n) is 5.07. The Hall–Kier alpha value is -0.570. The van der Waals surface area contributed by atoms with Crippen LogP contribution in [0.25, 0.3) is 0 Å². The molecular formula is C14H28O3. The number of rotatable bonds is 9. The minimum atomic E-state index is -0.363. The zero-order valence-electron chi connectivity index (χ0n) is 12.0. The highest BCUT2D eigenvalue weighted by molar-refractivity contribution is 5.76. The molecule has 0 atom stereocenters. The SMILES string of the molecule is CCC(CC)(CC)C(=O)OOCCCC(C)C. The van der Waals surface area contributed by atoms with Crippen molar-refractivity contribution in [1.82, 2.24) is 0 Å². The third-order valence-corrected chi connectivity index (χ3v) is 3.61. The van der Waals surface area contributed by atoms with Gasteiger partial charge in [0.15, 0.2) is 0 Å². The normalized spacial score (nSPS) is 11.9. The van der Waals surface area contributed by atoms with Crippen LogP contribution >= 0.6 is 0 Å². The summed E-state index contributed by atoms with van der Waals surface area (Å²) in [5.74, 6) is 0.449. The molecule has 0 aliphatic heterocycles. The van der Waals surface area contributed by atoms with E-state index in [9.17, 15) is 4.79 Å². The topological polar surface area (TPSA) is 35.5 Å². The summed E-state index contributed by atoms with van der Waals surface area (Å²) < 4.78 is 0. The Kier molecular flexibility index (Phi) is 8.23. The first kappa shape index (κ1) is 16.4. The van der Waals surface area contributed by atoms with Crippen LogP contribution in [0.3, 0.4) is 0 Å². The molecular weight excluding hydrogens is 216 g/mol. The van der Waals surface area contributed by atoms with Crippen LogP contribution in [-0.2, 0) is 14.6 Å². The molecule has 0 saturated heterocycles. The predicted octanol–water partition coefficient (Wildman–Crippen LogP) is 4.11. The van der Waals surface area contributed by atoms with Gasteiger partial charge in [-0.2, -0.15) is 4.89 Å². The van der Waals surface area contributed by atoms with Gasteiger partial charge in [-0.05, 0) is 38.0 Å². The van der Waals surface area contributed by atoms with Gasteiger partial charge >= 0.3 is 5.97 Å². The minimum absolute atomic E-state index is 0.213. The average Bonchev–Trinajstić information content (AvgIpc) is 2.31. The molecule has 0 unspecified atom stereocenters. The lowest BCUT2D eigenvalue weighted by molar-refractivity contribution is -0.282. The molecule has 0 spiro atoms. The van der Waals surface area contributed by atoms with Crippen molar-refractivity contribution in [3.8, 4) is 0 Å². The van der Waals surface area contributed by atoms with Crippen LogP contribution in [0.2, 0.25) is 0 Å². The Balaban J connectivity index is 3.91. The number of carbonyl (C=O) groups excluding carboxylic acids is 1. The van der Waals surface area contributed by atoms with Crippen LogP contribution in [-0.4, -0.2) is 12.6 Å². The van der Waals surface area contributed by atoms with E-state index < -0.39 is 0 Å². The second-order valence-corrected chi connectivity index (χ2v) is 5.07. The molecule has 0 bridgehead atoms. The van der Waals surface area contributed by atoms with E-state index in [0.717, 1.165) is 32.1 Å². The highest BCUT2D eigenvalue weighted by Gasteiger charge is 2.35. The highest BCUT2D eigenvalue weighted by atomic mass is 17.2. The van der Waals surface area contributed by atoms with Gasteiger partial charge in [0.05, 0.1) is 12.0 Å². The zero-order chi connectivity index (χ0) is 13.3. The lowest BCUT2D eigenvalue weighted by atomic mass is 9.80. The lowest BCUT2D eigenvalue weighted by Crippen LogP contribution is -2.31. The molecule has 3 heteroatoms. The molecule has 17 heavy (non-hydrogen) atoms. The van der Waals surface area contributed by atoms with Crippen molar-refractivity contribution in [3.05, 3.63) is 0 Å². The van der Waals surface area contributed by atoms with E-state index in [1.165, 1.54) is 0 Å². The van der Waals surface area contributed by atoms with Crippen LogP contribution in [0, 0.1) is 11.3 Å². The molecule has 0 fully saturated rings. The molecule has 0 amide bonds. The summed E-state index contributed by atoms with van der Waals surface area (Å²) in [6.45, 7) is 10.9. The molecule has 0 aromatic heterocycles. The van der Waals surface area contributed by atoms with Crippen molar-refractivity contribution in [2.24, 2.45) is 11.3 Å². The smallest absolute Gasteiger partial charge is 0.298 e. The lowest BCUT2D eigenvalue weighted by Gasteiger charge is -2.26. The first-order chi connectivity index (χ1) is 8.02. The van der Waals surface area contributed by atoms with Gasteiger partial charge in [-0.25, -0.2) is 4.79 Å². The fraction of sp³-hybridized carbons (Fsp3) is 0.929. The Morgan fingerprint density at radius 3 is 2.06 bits per heavy atom. The van der Waals surface area contributed by atoms with Crippen molar-refractivity contribution in [3.63, 3.8) is 0 Å². The van der Waals surface area contributed by atoms with Crippen LogP contribution in [0.4, 0.5) is 0 Å². The molecule has 0 aromatic carbocycles. The van der Waals surface area contributed by atoms with Gasteiger partial charge in [0.1, 0.15) is 0 Å². The van der Waals surface area contributed by atoms with Crippen LogP contribution in [0.15, 0.2) is 0 Å². The van der Waals surface area contributed by atoms with E-state index in [0.29, 0.717) is 12.5 Å². The number of carbonyl (C=O) groups is 1. The molecule has 0 aliphatic rings. The maximum atomic E-state index is 11.9. The third kappa shape index (κ3) is 5.53. The van der Waals surface area contributed by atoms with E-state index >= 15 is 0 Å². The monoisotopic (exact) mass is 244 g/mol. The standard InChI is InChI=1S/C14H28O3/c1-6-14(7-2,8-3)13(15)17-16-11-9-10-12(4)5/h12H,6-11H2,1-5H3. The zero-order valence-corrected chi connectivity index (χ0v) is 12.0. The summed E-state index contributed by atoms with van der Waals surface area (Å²) in [5, 5.41) is 0. The molecule has 102 valence electrons. The van der Waals surface area contributed by atoms with Crippen molar-refractivity contribution in [2.75, 3.05) is 6.61 Å². The quantitative estimate of drug-likeness (QED) is 0.348. The van der Waals surface area contributed by atoms with Crippen molar-refractivity contribution >= 4 is 5.97 Å². The largest absolute Gasteiger partial charge is 0.348 e. The highest BCUT2D eigenvalue weighted by Crippen LogP contribution is 2.31. The van der Waals surface area contributed by atoms with E-state index in [-0.39, 0.29) is 11.4 Å². The van der Waals surface area contributed by atoms with Crippen LogP contribution in [0.5, 0.6) is 0 Å². The fourth-order valence-electron chi connectivity index (χ4n) is 1.92. The molecule has 0 heterocycles. The summed E-state index contributed by atoms with van der Waals surface area (Å²) in [7, 11) is 0. The Morgan fingerprint density at radius 1 is 1.12 bits per heavy atom. The first-order valence-electron chi connectivity index (χ1n) is 6.86. The summed E-state index contributed by atoms with van der Waals surface area (Å²) in [4.78, 5) is 21.8. The van der Waals surface area contributed by atoms with Gasteiger partial charge in [-0.1, -0.05) is 34.6 Å². The summed E-state index contributed by atoms with van der Waals surface area (Å²) in [6, 6.07) is 0. The van der Waals surface area contributed by atoms with Crippen LogP contribution < -0.4 is 0 Å². The van der Waals surface area contributed by atoms with Gasteiger partial charge < -0.3 is 0 Å². The van der Waals surface area contributed by atoms with E-state index in [1.807, 2.05) is 20.8 Å². The molecule has 0 saturated carbocycles. The van der Waals surface area contributed by atoms with Gasteiger partial charge in [0.2, 0.25) is 0 Å². The molecule has 0 N–H and O–H groups in total. The third-order valence-electron chi connectivity index (χ3n) is 3.61. The summed E-state index contributed by atoms with van der Waals surface area (Å²) >= 11 is 0. The fourth-order valence-corrected chi connectivity index (χ4v) is 1.92. The first-order valence-corrected chi connectivity index (χ1v) is 6.86. The van der Waals surface area contributed by atoms with Crippen LogP contribution in [0.1, 0.15) is 66.7 Å². The van der Waals surface area contributed by atoms with Crippen molar-refractivity contribution in [1.29, 1.82) is 0 Å². The van der Waals surface area contributed by atoms with Gasteiger partial charge in [-0.3, -0.25) is 4.89 Å². The summed E-state index contributed by atoms with van der Waals surface area (Å²) in [6.07, 6.45) is 4.43. The molecule has 3 nitrogen and oxygen atoms in total. The molecule has 0 rings (SSSR count). The van der Waals surface area contributed by atoms with Crippen molar-refractivity contribution < 1.29 is 14.6 Å². The van der Waals surface area contributed by atoms with E-state index in [2.05, 4.69) is 13.8 Å². The molecule has 0 radical (unpaired) electrons. The van der Waals surface area contributed by atoms with E-state index in [4.69, 9.17) is 9.78 Å². The summed E-state index contributed by atoms with van der Waals surface area (Å²) in [5.41, 5.74) is -0.363. The second kappa shape index (κ2) is 8.51. The Bertz CT molecular complexity index is 199. The Morgan fingerprint density at radius 2 is 1.65 bits per heavy atom. The van der Waals surface area contributed by atoms with Gasteiger partial charge in [0, 0.05) is 0 Å². The van der Waals surface area contributed by atoms with Crippen molar-refractivity contribution in [2.45, 2.75) is 66.7 Å². The Labute approximate surface area is 106 Å². The van der Waals surface area contributed by atoms with E-state index in [1.54, 1.807) is 0 Å². The number of hydrogen-bond acceptors (Lipinski definition) is 3. The minimum Gasteiger partial charge on any atom is -0.298 e. The van der Waals surface area contributed by atoms with Gasteiger partial charge in [-0.15, -0.1) is 0 Å². The predicted molar refractivity (Wildman–Crippen MR) is 69.4 cm³/mol. The molecule has 0 aromatic rings. The maximum Gasteiger partial charge on any atom is 0.348 e. The number of hydrogen-bond donors (Lipinski definition) is 0. The van der Waals surface area contributed by atoms with Gasteiger partial charge in [0.25, 0.3) is 0 Å². The maximum absolute atomic E-state index is 11.9. The average molecular weight is 244 g/mol. The molecule has 0 aliphatic carbocycles.